The lowest BCUT2D eigenvalue weighted by Gasteiger charge is -2.04. The predicted molar refractivity (Wildman–Crippen MR) is 89.5 cm³/mol. The number of nitrogens with zero attached hydrogens (tertiary/aromatic N) is 3. The smallest absolute Gasteiger partial charge is 0.327 e. The lowest BCUT2D eigenvalue weighted by atomic mass is 10.2. The van der Waals surface area contributed by atoms with E-state index < -0.39 is 0 Å². The highest BCUT2D eigenvalue weighted by atomic mass is 16.5. The minimum atomic E-state index is -0.377. The molecule has 0 atom stereocenters. The van der Waals surface area contributed by atoms with E-state index >= 15 is 0 Å². The molecule has 0 aliphatic rings. The Labute approximate surface area is 139 Å². The van der Waals surface area contributed by atoms with E-state index in [9.17, 15) is 4.79 Å². The molecule has 6 heteroatoms. The van der Waals surface area contributed by atoms with E-state index in [0.29, 0.717) is 11.6 Å². The minimum absolute atomic E-state index is 0.00385. The number of esters is 1. The second-order valence-electron chi connectivity index (χ2n) is 5.09. The quantitative estimate of drug-likeness (QED) is 0.676. The number of benzene rings is 2. The van der Waals surface area contributed by atoms with Crippen molar-refractivity contribution in [3.63, 3.8) is 0 Å². The van der Waals surface area contributed by atoms with Crippen molar-refractivity contribution in [3.8, 4) is 28.5 Å². The highest BCUT2D eigenvalue weighted by molar-refractivity contribution is 5.70. The van der Waals surface area contributed by atoms with Crippen molar-refractivity contribution in [1.29, 1.82) is 0 Å². The Morgan fingerprint density at radius 2 is 1.71 bits per heavy atom. The molecule has 1 heterocycles. The van der Waals surface area contributed by atoms with Crippen LogP contribution in [0.2, 0.25) is 0 Å². The number of carbonyl (C=O) groups excluding carboxylic acids is 1. The van der Waals surface area contributed by atoms with Crippen LogP contribution < -0.4 is 4.74 Å². The molecule has 1 aromatic heterocycles. The number of ether oxygens (including phenoxy) is 2. The predicted octanol–water partition coefficient (Wildman–Crippen LogP) is 2.79. The topological polar surface area (TPSA) is 66.2 Å². The van der Waals surface area contributed by atoms with Crippen LogP contribution in [0, 0.1) is 0 Å². The molecular formula is C18H17N3O3. The van der Waals surface area contributed by atoms with Crippen LogP contribution in [0.3, 0.4) is 0 Å². The SMILES string of the molecule is COC(=O)Cn1nc(-c2ccc(OC)cc2)nc1-c1ccccc1. The summed E-state index contributed by atoms with van der Waals surface area (Å²) in [6.07, 6.45) is 0. The van der Waals surface area contributed by atoms with Crippen LogP contribution in [0.25, 0.3) is 22.8 Å². The average Bonchev–Trinajstić information content (AvgIpc) is 3.06. The first-order chi connectivity index (χ1) is 11.7. The molecule has 2 aromatic carbocycles. The number of rotatable bonds is 5. The fraction of sp³-hybridized carbons (Fsp3) is 0.167. The van der Waals surface area contributed by atoms with Crippen molar-refractivity contribution in [1.82, 2.24) is 14.8 Å². The van der Waals surface area contributed by atoms with Crippen LogP contribution in [0.15, 0.2) is 54.6 Å². The highest BCUT2D eigenvalue weighted by Gasteiger charge is 2.16. The largest absolute Gasteiger partial charge is 0.497 e. The molecule has 0 saturated heterocycles. The Balaban J connectivity index is 2.03. The van der Waals surface area contributed by atoms with Crippen molar-refractivity contribution in [2.24, 2.45) is 0 Å². The Bertz CT molecular complexity index is 826. The first-order valence-electron chi connectivity index (χ1n) is 7.43. The maximum Gasteiger partial charge on any atom is 0.327 e. The Morgan fingerprint density at radius 1 is 1.00 bits per heavy atom. The highest BCUT2D eigenvalue weighted by Crippen LogP contribution is 2.24. The summed E-state index contributed by atoms with van der Waals surface area (Å²) in [5.74, 6) is 1.54. The van der Waals surface area contributed by atoms with E-state index in [1.54, 1.807) is 11.8 Å². The van der Waals surface area contributed by atoms with Gasteiger partial charge in [0.25, 0.3) is 0 Å². The summed E-state index contributed by atoms with van der Waals surface area (Å²) in [6.45, 7) is 0.00385. The van der Waals surface area contributed by atoms with Gasteiger partial charge in [-0.2, -0.15) is 0 Å². The van der Waals surface area contributed by atoms with Crippen LogP contribution in [-0.2, 0) is 16.1 Å². The molecule has 0 N–H and O–H groups in total. The number of hydrogen-bond acceptors (Lipinski definition) is 5. The summed E-state index contributed by atoms with van der Waals surface area (Å²) in [4.78, 5) is 16.3. The van der Waals surface area contributed by atoms with Gasteiger partial charge >= 0.3 is 5.97 Å². The van der Waals surface area contributed by atoms with Gasteiger partial charge in [0, 0.05) is 11.1 Å². The molecule has 0 aliphatic heterocycles. The second-order valence-corrected chi connectivity index (χ2v) is 5.09. The van der Waals surface area contributed by atoms with E-state index in [-0.39, 0.29) is 12.5 Å². The molecule has 0 bridgehead atoms. The van der Waals surface area contributed by atoms with Crippen molar-refractivity contribution in [2.75, 3.05) is 14.2 Å². The standard InChI is InChI=1S/C18H17N3O3/c1-23-15-10-8-13(9-11-15)17-19-18(14-6-4-3-5-7-14)21(20-17)12-16(22)24-2/h3-11H,12H2,1-2H3. The molecule has 0 saturated carbocycles. The lowest BCUT2D eigenvalue weighted by Crippen LogP contribution is -2.13. The third-order valence-electron chi connectivity index (χ3n) is 3.56. The summed E-state index contributed by atoms with van der Waals surface area (Å²) in [5.41, 5.74) is 1.73. The van der Waals surface area contributed by atoms with E-state index in [1.807, 2.05) is 54.6 Å². The van der Waals surface area contributed by atoms with Crippen LogP contribution in [0.5, 0.6) is 5.75 Å². The van der Waals surface area contributed by atoms with Crippen LogP contribution in [0.1, 0.15) is 0 Å². The van der Waals surface area contributed by atoms with Crippen LogP contribution in [0.4, 0.5) is 0 Å². The van der Waals surface area contributed by atoms with Crippen molar-refractivity contribution in [2.45, 2.75) is 6.54 Å². The van der Waals surface area contributed by atoms with Crippen LogP contribution >= 0.6 is 0 Å². The zero-order chi connectivity index (χ0) is 16.9. The van der Waals surface area contributed by atoms with E-state index in [1.165, 1.54) is 7.11 Å². The summed E-state index contributed by atoms with van der Waals surface area (Å²) < 4.78 is 11.5. The second kappa shape index (κ2) is 6.95. The monoisotopic (exact) mass is 323 g/mol. The number of aromatic nitrogens is 3. The number of methoxy groups -OCH3 is 2. The minimum Gasteiger partial charge on any atom is -0.497 e. The van der Waals surface area contributed by atoms with Crippen LogP contribution in [-0.4, -0.2) is 35.0 Å². The molecule has 3 rings (SSSR count). The van der Waals surface area contributed by atoms with Crippen molar-refractivity contribution >= 4 is 5.97 Å². The summed E-state index contributed by atoms with van der Waals surface area (Å²) >= 11 is 0. The van der Waals surface area contributed by atoms with Crippen molar-refractivity contribution < 1.29 is 14.3 Å². The van der Waals surface area contributed by atoms with Gasteiger partial charge in [-0.15, -0.1) is 5.10 Å². The summed E-state index contributed by atoms with van der Waals surface area (Å²) in [6, 6.07) is 17.1. The third kappa shape index (κ3) is 3.27. The molecule has 0 aliphatic carbocycles. The molecule has 6 nitrogen and oxygen atoms in total. The van der Waals surface area contributed by atoms with Gasteiger partial charge in [0.15, 0.2) is 11.6 Å². The zero-order valence-corrected chi connectivity index (χ0v) is 13.5. The van der Waals surface area contributed by atoms with E-state index in [0.717, 1.165) is 16.9 Å². The maximum absolute atomic E-state index is 11.7. The fourth-order valence-corrected chi connectivity index (χ4v) is 2.30. The van der Waals surface area contributed by atoms with E-state index in [4.69, 9.17) is 9.47 Å². The fourth-order valence-electron chi connectivity index (χ4n) is 2.30. The molecule has 122 valence electrons. The van der Waals surface area contributed by atoms with Gasteiger partial charge in [-0.05, 0) is 24.3 Å². The normalized spacial score (nSPS) is 10.4. The number of hydrogen-bond donors (Lipinski definition) is 0. The number of carbonyl (C=O) groups is 1. The zero-order valence-electron chi connectivity index (χ0n) is 13.5. The Morgan fingerprint density at radius 3 is 2.33 bits per heavy atom. The third-order valence-corrected chi connectivity index (χ3v) is 3.56. The molecule has 0 radical (unpaired) electrons. The summed E-state index contributed by atoms with van der Waals surface area (Å²) in [5, 5.41) is 4.46. The van der Waals surface area contributed by atoms with Crippen molar-refractivity contribution in [3.05, 3.63) is 54.6 Å². The first-order valence-corrected chi connectivity index (χ1v) is 7.43. The van der Waals surface area contributed by atoms with Gasteiger partial charge in [-0.3, -0.25) is 4.79 Å². The van der Waals surface area contributed by atoms with Gasteiger partial charge in [0.1, 0.15) is 12.3 Å². The molecule has 0 spiro atoms. The molecular weight excluding hydrogens is 306 g/mol. The summed E-state index contributed by atoms with van der Waals surface area (Å²) in [7, 11) is 2.97. The lowest BCUT2D eigenvalue weighted by molar-refractivity contribution is -0.141. The molecule has 0 fully saturated rings. The van der Waals surface area contributed by atoms with Gasteiger partial charge < -0.3 is 9.47 Å². The van der Waals surface area contributed by atoms with Gasteiger partial charge in [0.2, 0.25) is 0 Å². The van der Waals surface area contributed by atoms with Gasteiger partial charge in [-0.25, -0.2) is 9.67 Å². The van der Waals surface area contributed by atoms with E-state index in [2.05, 4.69) is 10.1 Å². The maximum atomic E-state index is 11.7. The van der Waals surface area contributed by atoms with Gasteiger partial charge in [0.05, 0.1) is 14.2 Å². The molecule has 0 unspecified atom stereocenters. The molecule has 0 amide bonds. The Kier molecular flexibility index (Phi) is 4.56. The first kappa shape index (κ1) is 15.7. The van der Waals surface area contributed by atoms with Gasteiger partial charge in [-0.1, -0.05) is 30.3 Å². The Hall–Kier alpha value is -3.15. The molecule has 24 heavy (non-hydrogen) atoms. The molecule has 3 aromatic rings. The average molecular weight is 323 g/mol.